The summed E-state index contributed by atoms with van der Waals surface area (Å²) >= 11 is 6.13. The summed E-state index contributed by atoms with van der Waals surface area (Å²) in [5.74, 6) is -0.462. The molecule has 0 fully saturated rings. The number of nitrogens with zero attached hydrogens (tertiary/aromatic N) is 2. The molecule has 0 unspecified atom stereocenters. The topological polar surface area (TPSA) is 57.8 Å². The van der Waals surface area contributed by atoms with E-state index in [1.54, 1.807) is 18.2 Å². The number of anilines is 1. The van der Waals surface area contributed by atoms with Gasteiger partial charge >= 0.3 is 0 Å². The average molecular weight is 418 g/mol. The van der Waals surface area contributed by atoms with Crippen molar-refractivity contribution in [3.8, 4) is 11.8 Å². The van der Waals surface area contributed by atoms with Crippen LogP contribution < -0.4 is 5.32 Å². The first-order valence-corrected chi connectivity index (χ1v) is 10.2. The van der Waals surface area contributed by atoms with E-state index >= 15 is 0 Å². The monoisotopic (exact) mass is 417 g/mol. The average Bonchev–Trinajstić information content (AvgIpc) is 3.01. The third-order valence-electron chi connectivity index (χ3n) is 5.18. The second kappa shape index (κ2) is 9.02. The Morgan fingerprint density at radius 2 is 1.90 bits per heavy atom. The Labute approximate surface area is 182 Å². The molecule has 0 atom stereocenters. The quantitative estimate of drug-likeness (QED) is 0.399. The van der Waals surface area contributed by atoms with Crippen molar-refractivity contribution in [2.24, 2.45) is 0 Å². The number of carbonyl (C=O) groups excluding carboxylic acids is 1. The highest BCUT2D eigenvalue weighted by Gasteiger charge is 2.15. The Morgan fingerprint density at radius 3 is 2.57 bits per heavy atom. The number of benzene rings is 2. The second-order valence-corrected chi connectivity index (χ2v) is 7.64. The van der Waals surface area contributed by atoms with E-state index in [-0.39, 0.29) is 5.57 Å². The molecule has 1 amide bonds. The van der Waals surface area contributed by atoms with Gasteiger partial charge in [0.15, 0.2) is 0 Å². The van der Waals surface area contributed by atoms with Crippen LogP contribution in [0.5, 0.6) is 0 Å². The van der Waals surface area contributed by atoms with Gasteiger partial charge in [0.1, 0.15) is 11.6 Å². The van der Waals surface area contributed by atoms with Gasteiger partial charge in [0, 0.05) is 27.8 Å². The van der Waals surface area contributed by atoms with Crippen LogP contribution in [0.1, 0.15) is 35.0 Å². The van der Waals surface area contributed by atoms with E-state index in [0.717, 1.165) is 34.6 Å². The lowest BCUT2D eigenvalue weighted by Gasteiger charge is -2.14. The van der Waals surface area contributed by atoms with Crippen LogP contribution in [0, 0.1) is 32.1 Å². The zero-order valence-electron chi connectivity index (χ0n) is 17.6. The molecule has 30 heavy (non-hydrogen) atoms. The van der Waals surface area contributed by atoms with Gasteiger partial charge in [-0.1, -0.05) is 42.8 Å². The van der Waals surface area contributed by atoms with Crippen LogP contribution >= 0.6 is 11.6 Å². The molecule has 1 aromatic heterocycles. The van der Waals surface area contributed by atoms with Gasteiger partial charge in [0.05, 0.1) is 0 Å². The maximum atomic E-state index is 12.7. The molecule has 5 heteroatoms. The number of halogens is 1. The van der Waals surface area contributed by atoms with E-state index in [9.17, 15) is 10.1 Å². The summed E-state index contributed by atoms with van der Waals surface area (Å²) in [6, 6.07) is 17.5. The molecule has 1 heterocycles. The van der Waals surface area contributed by atoms with E-state index in [4.69, 9.17) is 11.6 Å². The summed E-state index contributed by atoms with van der Waals surface area (Å²) in [5.41, 5.74) is 6.73. The summed E-state index contributed by atoms with van der Waals surface area (Å²) in [5, 5.41) is 12.9. The highest BCUT2D eigenvalue weighted by Crippen LogP contribution is 2.26. The van der Waals surface area contributed by atoms with Crippen LogP contribution in [0.3, 0.4) is 0 Å². The number of nitrogens with one attached hydrogen (secondary N) is 1. The van der Waals surface area contributed by atoms with Gasteiger partial charge in [-0.15, -0.1) is 0 Å². The summed E-state index contributed by atoms with van der Waals surface area (Å²) in [4.78, 5) is 12.7. The first-order chi connectivity index (χ1) is 14.3. The first kappa shape index (κ1) is 21.4. The maximum Gasteiger partial charge on any atom is 0.266 e. The van der Waals surface area contributed by atoms with Crippen LogP contribution in [-0.4, -0.2) is 10.5 Å². The molecular formula is C25H24ClN3O. The standard InChI is InChI=1S/C25H24ClN3O/c1-5-19-8-6-7-9-24(19)29-17(3)12-20(18(29)4)13-21(15-27)25(30)28-22-11-10-16(2)23(26)14-22/h6-14H,5H2,1-4H3,(H,28,30)/b21-13-. The molecule has 152 valence electrons. The van der Waals surface area contributed by atoms with Gasteiger partial charge in [-0.05, 0) is 74.2 Å². The van der Waals surface area contributed by atoms with Gasteiger partial charge in [0.2, 0.25) is 0 Å². The summed E-state index contributed by atoms with van der Waals surface area (Å²) < 4.78 is 2.16. The number of aryl methyl sites for hydroxylation is 3. The molecule has 3 aromatic rings. The lowest BCUT2D eigenvalue weighted by atomic mass is 10.1. The van der Waals surface area contributed by atoms with Gasteiger partial charge in [0.25, 0.3) is 5.91 Å². The summed E-state index contributed by atoms with van der Waals surface area (Å²) in [6.45, 7) is 8.04. The number of hydrogen-bond acceptors (Lipinski definition) is 2. The molecule has 0 aliphatic carbocycles. The lowest BCUT2D eigenvalue weighted by Crippen LogP contribution is -2.13. The van der Waals surface area contributed by atoms with E-state index in [2.05, 4.69) is 28.9 Å². The van der Waals surface area contributed by atoms with Crippen molar-refractivity contribution < 1.29 is 4.79 Å². The third-order valence-corrected chi connectivity index (χ3v) is 5.59. The molecule has 1 N–H and O–H groups in total. The first-order valence-electron chi connectivity index (χ1n) is 9.82. The van der Waals surface area contributed by atoms with Crippen molar-refractivity contribution in [2.75, 3.05) is 5.32 Å². The Kier molecular flexibility index (Phi) is 6.44. The lowest BCUT2D eigenvalue weighted by molar-refractivity contribution is -0.112. The van der Waals surface area contributed by atoms with E-state index in [0.29, 0.717) is 10.7 Å². The number of hydrogen-bond donors (Lipinski definition) is 1. The van der Waals surface area contributed by atoms with Gasteiger partial charge in [-0.25, -0.2) is 0 Å². The molecule has 0 aliphatic rings. The predicted molar refractivity (Wildman–Crippen MR) is 123 cm³/mol. The maximum absolute atomic E-state index is 12.7. The Balaban J connectivity index is 1.96. The van der Waals surface area contributed by atoms with Crippen LogP contribution in [0.4, 0.5) is 5.69 Å². The summed E-state index contributed by atoms with van der Waals surface area (Å²) in [7, 11) is 0. The van der Waals surface area contributed by atoms with Crippen LogP contribution in [0.15, 0.2) is 54.1 Å². The van der Waals surface area contributed by atoms with Crippen LogP contribution in [0.2, 0.25) is 5.02 Å². The second-order valence-electron chi connectivity index (χ2n) is 7.23. The van der Waals surface area contributed by atoms with Crippen molar-refractivity contribution in [3.63, 3.8) is 0 Å². The number of amides is 1. The van der Waals surface area contributed by atoms with Crippen molar-refractivity contribution in [1.82, 2.24) is 4.57 Å². The number of rotatable bonds is 5. The normalized spacial score (nSPS) is 11.3. The van der Waals surface area contributed by atoms with Crippen molar-refractivity contribution in [3.05, 3.63) is 87.2 Å². The minimum absolute atomic E-state index is 0.0377. The molecule has 2 aromatic carbocycles. The number of carbonyl (C=O) groups is 1. The fourth-order valence-electron chi connectivity index (χ4n) is 3.51. The molecule has 0 saturated heterocycles. The molecule has 0 radical (unpaired) electrons. The minimum atomic E-state index is -0.462. The molecule has 0 aliphatic heterocycles. The number of nitriles is 1. The van der Waals surface area contributed by atoms with Gasteiger partial charge in [-0.2, -0.15) is 5.26 Å². The predicted octanol–water partition coefficient (Wildman–Crippen LogP) is 6.16. The summed E-state index contributed by atoms with van der Waals surface area (Å²) in [6.07, 6.45) is 2.56. The Morgan fingerprint density at radius 1 is 1.17 bits per heavy atom. The Hall–Kier alpha value is -3.29. The van der Waals surface area contributed by atoms with Crippen LogP contribution in [0.25, 0.3) is 11.8 Å². The smallest absolute Gasteiger partial charge is 0.266 e. The largest absolute Gasteiger partial charge is 0.321 e. The highest BCUT2D eigenvalue weighted by atomic mass is 35.5. The van der Waals surface area contributed by atoms with Gasteiger partial charge < -0.3 is 9.88 Å². The van der Waals surface area contributed by atoms with Crippen molar-refractivity contribution in [1.29, 1.82) is 5.26 Å². The van der Waals surface area contributed by atoms with Crippen molar-refractivity contribution >= 4 is 29.3 Å². The van der Waals surface area contributed by atoms with Crippen LogP contribution in [-0.2, 0) is 11.2 Å². The molecule has 0 bridgehead atoms. The molecule has 4 nitrogen and oxygen atoms in total. The number of para-hydroxylation sites is 1. The fraction of sp³-hybridized carbons (Fsp3) is 0.200. The molecule has 0 spiro atoms. The van der Waals surface area contributed by atoms with Crippen molar-refractivity contribution in [2.45, 2.75) is 34.1 Å². The molecule has 0 saturated carbocycles. The fourth-order valence-corrected chi connectivity index (χ4v) is 3.69. The molecular weight excluding hydrogens is 394 g/mol. The Bertz CT molecular complexity index is 1180. The third kappa shape index (κ3) is 4.32. The zero-order valence-corrected chi connectivity index (χ0v) is 18.3. The number of aromatic nitrogens is 1. The highest BCUT2D eigenvalue weighted by molar-refractivity contribution is 6.31. The van der Waals surface area contributed by atoms with E-state index in [1.165, 1.54) is 5.56 Å². The zero-order chi connectivity index (χ0) is 21.8. The van der Waals surface area contributed by atoms with E-state index in [1.807, 2.05) is 51.1 Å². The van der Waals surface area contributed by atoms with Gasteiger partial charge in [-0.3, -0.25) is 4.79 Å². The SMILES string of the molecule is CCc1ccccc1-n1c(C)cc(/C=C(/C#N)C(=O)Nc2ccc(C)c(Cl)c2)c1C. The van der Waals surface area contributed by atoms with E-state index < -0.39 is 5.91 Å². The minimum Gasteiger partial charge on any atom is -0.321 e. The molecule has 3 rings (SSSR count).